The molecule has 2 N–H and O–H groups in total. The molecule has 2 atom stereocenters. The Morgan fingerprint density at radius 3 is 2.52 bits per heavy atom. The molecule has 0 unspecified atom stereocenters. The molecule has 0 saturated heterocycles. The highest BCUT2D eigenvalue weighted by molar-refractivity contribution is 7.89. The smallest absolute Gasteiger partial charge is 0.285 e. The summed E-state index contributed by atoms with van der Waals surface area (Å²) < 4.78 is 43.6. The van der Waals surface area contributed by atoms with E-state index in [1.165, 1.54) is 26.3 Å². The molecule has 9 nitrogen and oxygen atoms in total. The van der Waals surface area contributed by atoms with Gasteiger partial charge in [0.2, 0.25) is 16.3 Å². The normalized spacial score (nSPS) is 19.1. The molecule has 1 heterocycles. The quantitative estimate of drug-likeness (QED) is 0.516. The number of benzene rings is 1. The van der Waals surface area contributed by atoms with Crippen LogP contribution in [0.15, 0.2) is 41.0 Å². The Hall–Kier alpha value is -2.14. The average molecular weight is 457 g/mol. The van der Waals surface area contributed by atoms with Crippen molar-refractivity contribution >= 4 is 15.9 Å². The average Bonchev–Trinajstić information content (AvgIpc) is 2.77. The van der Waals surface area contributed by atoms with Gasteiger partial charge in [-0.3, -0.25) is 4.79 Å². The van der Waals surface area contributed by atoms with Gasteiger partial charge in [-0.2, -0.15) is 4.31 Å². The number of rotatable bonds is 11. The fraction of sp³-hybridized carbons (Fsp3) is 0.571. The van der Waals surface area contributed by atoms with Crippen molar-refractivity contribution in [3.05, 3.63) is 36.1 Å². The summed E-state index contributed by atoms with van der Waals surface area (Å²) in [5, 5.41) is 11.9. The minimum absolute atomic E-state index is 0.0279. The number of aliphatic hydroxyl groups is 1. The fourth-order valence-electron chi connectivity index (χ4n) is 3.18. The Morgan fingerprint density at radius 1 is 1.29 bits per heavy atom. The highest BCUT2D eigenvalue weighted by Gasteiger charge is 2.30. The van der Waals surface area contributed by atoms with Crippen LogP contribution in [0.5, 0.6) is 5.75 Å². The Balaban J connectivity index is 2.04. The van der Waals surface area contributed by atoms with Crippen LogP contribution in [0.1, 0.15) is 20.3 Å². The third-order valence-electron chi connectivity index (χ3n) is 5.09. The van der Waals surface area contributed by atoms with E-state index in [2.05, 4.69) is 19.2 Å². The maximum absolute atomic E-state index is 13.0. The molecule has 0 spiro atoms. The molecule has 0 fully saturated rings. The molecule has 1 aromatic carbocycles. The summed E-state index contributed by atoms with van der Waals surface area (Å²) in [4.78, 5) is 12.1. The van der Waals surface area contributed by atoms with Crippen LogP contribution < -0.4 is 10.1 Å². The number of carbonyl (C=O) groups excluding carboxylic acids is 1. The van der Waals surface area contributed by atoms with E-state index in [9.17, 15) is 18.3 Å². The number of aliphatic hydroxyl groups excluding tert-OH is 1. The molecule has 0 radical (unpaired) electrons. The highest BCUT2D eigenvalue weighted by Crippen LogP contribution is 2.28. The van der Waals surface area contributed by atoms with Gasteiger partial charge >= 0.3 is 0 Å². The van der Waals surface area contributed by atoms with Crippen LogP contribution in [-0.4, -0.2) is 70.5 Å². The molecule has 174 valence electrons. The molecule has 31 heavy (non-hydrogen) atoms. The molecule has 1 aliphatic rings. The van der Waals surface area contributed by atoms with Gasteiger partial charge in [-0.25, -0.2) is 8.42 Å². The number of amides is 1. The van der Waals surface area contributed by atoms with E-state index in [1.54, 1.807) is 18.2 Å². The van der Waals surface area contributed by atoms with Crippen LogP contribution in [0.25, 0.3) is 0 Å². The first-order valence-corrected chi connectivity index (χ1v) is 11.6. The molecule has 0 bridgehead atoms. The van der Waals surface area contributed by atoms with Crippen molar-refractivity contribution in [2.24, 2.45) is 11.8 Å². The SMILES string of the molecule is CNC(=O)C1=C[C@@H](C(C)C)C[C@@H](OCCN(CCO)S(=O)(=O)c2ccc(OC)cc2)O1. The van der Waals surface area contributed by atoms with Gasteiger partial charge in [0.15, 0.2) is 5.76 Å². The minimum atomic E-state index is -3.82. The molecule has 0 aliphatic carbocycles. The number of hydrogen-bond donors (Lipinski definition) is 2. The molecule has 0 saturated carbocycles. The number of methoxy groups -OCH3 is 1. The summed E-state index contributed by atoms with van der Waals surface area (Å²) in [7, 11) is -0.795. The van der Waals surface area contributed by atoms with Gasteiger partial charge < -0.3 is 24.6 Å². The van der Waals surface area contributed by atoms with Gasteiger partial charge in [0.25, 0.3) is 5.91 Å². The van der Waals surface area contributed by atoms with Crippen molar-refractivity contribution in [1.29, 1.82) is 0 Å². The van der Waals surface area contributed by atoms with Gasteiger partial charge in [0.1, 0.15) is 5.75 Å². The molecular formula is C21H32N2O7S. The van der Waals surface area contributed by atoms with E-state index in [4.69, 9.17) is 14.2 Å². The van der Waals surface area contributed by atoms with Crippen molar-refractivity contribution in [1.82, 2.24) is 9.62 Å². The number of likely N-dealkylation sites (N-methyl/N-ethyl adjacent to an activating group) is 1. The van der Waals surface area contributed by atoms with E-state index in [-0.39, 0.29) is 54.7 Å². The lowest BCUT2D eigenvalue weighted by Crippen LogP contribution is -2.38. The molecule has 0 aromatic heterocycles. The molecule has 10 heteroatoms. The second-order valence-corrected chi connectivity index (χ2v) is 9.41. The molecule has 1 amide bonds. The first kappa shape index (κ1) is 25.1. The summed E-state index contributed by atoms with van der Waals surface area (Å²) >= 11 is 0. The largest absolute Gasteiger partial charge is 0.497 e. The monoisotopic (exact) mass is 456 g/mol. The predicted octanol–water partition coefficient (Wildman–Crippen LogP) is 1.34. The maximum Gasteiger partial charge on any atom is 0.285 e. The van der Waals surface area contributed by atoms with Crippen LogP contribution in [0.3, 0.4) is 0 Å². The summed E-state index contributed by atoms with van der Waals surface area (Å²) in [6.07, 6.45) is 1.70. The van der Waals surface area contributed by atoms with E-state index < -0.39 is 16.3 Å². The standard InChI is InChI=1S/C21H32N2O7S/c1-15(2)16-13-19(21(25)22-3)30-20(14-16)29-12-10-23(9-11-24)31(26,27)18-7-5-17(28-4)6-8-18/h5-8,13,15-16,20,24H,9-12,14H2,1-4H3,(H,22,25)/t16-,20+/m1/s1. The number of allylic oxidation sites excluding steroid dienone is 1. The number of hydrogen-bond acceptors (Lipinski definition) is 7. The first-order valence-electron chi connectivity index (χ1n) is 10.2. The lowest BCUT2D eigenvalue weighted by Gasteiger charge is -2.31. The van der Waals surface area contributed by atoms with Crippen molar-refractivity contribution in [2.75, 3.05) is 40.5 Å². The topological polar surface area (TPSA) is 114 Å². The summed E-state index contributed by atoms with van der Waals surface area (Å²) in [5.74, 6) is 0.808. The van der Waals surface area contributed by atoms with Gasteiger partial charge in [-0.1, -0.05) is 13.8 Å². The van der Waals surface area contributed by atoms with Gasteiger partial charge in [-0.05, 0) is 42.2 Å². The summed E-state index contributed by atoms with van der Waals surface area (Å²) in [6, 6.07) is 6.04. The lowest BCUT2D eigenvalue weighted by molar-refractivity contribution is -0.150. The number of ether oxygens (including phenoxy) is 3. The number of nitrogens with one attached hydrogen (secondary N) is 1. The number of sulfonamides is 1. The number of carbonyl (C=O) groups is 1. The van der Waals surface area contributed by atoms with Gasteiger partial charge in [0, 0.05) is 26.6 Å². The van der Waals surface area contributed by atoms with Crippen LogP contribution in [0, 0.1) is 11.8 Å². The fourth-order valence-corrected chi connectivity index (χ4v) is 4.59. The van der Waals surface area contributed by atoms with E-state index >= 15 is 0 Å². The van der Waals surface area contributed by atoms with Gasteiger partial charge in [0.05, 0.1) is 25.2 Å². The molecule has 1 aromatic rings. The Bertz CT molecular complexity index is 853. The minimum Gasteiger partial charge on any atom is -0.497 e. The van der Waals surface area contributed by atoms with Gasteiger partial charge in [-0.15, -0.1) is 0 Å². The third-order valence-corrected chi connectivity index (χ3v) is 7.00. The van der Waals surface area contributed by atoms with Crippen LogP contribution in [0.4, 0.5) is 0 Å². The highest BCUT2D eigenvalue weighted by atomic mass is 32.2. The van der Waals surface area contributed by atoms with Crippen LogP contribution >= 0.6 is 0 Å². The molecule has 2 rings (SSSR count). The Kier molecular flexibility index (Phi) is 9.30. The summed E-state index contributed by atoms with van der Waals surface area (Å²) in [5.41, 5.74) is 0. The van der Waals surface area contributed by atoms with Crippen molar-refractivity contribution in [2.45, 2.75) is 31.5 Å². The number of nitrogens with zero attached hydrogens (tertiary/aromatic N) is 1. The Labute approximate surface area is 184 Å². The second-order valence-electron chi connectivity index (χ2n) is 7.48. The zero-order valence-corrected chi connectivity index (χ0v) is 19.2. The Morgan fingerprint density at radius 2 is 1.97 bits per heavy atom. The van der Waals surface area contributed by atoms with Crippen LogP contribution in [-0.2, 0) is 24.3 Å². The second kappa shape index (κ2) is 11.5. The zero-order valence-electron chi connectivity index (χ0n) is 18.4. The zero-order chi connectivity index (χ0) is 23.0. The first-order chi connectivity index (χ1) is 14.7. The van der Waals surface area contributed by atoms with Crippen molar-refractivity contribution in [3.8, 4) is 5.75 Å². The molecular weight excluding hydrogens is 424 g/mol. The third kappa shape index (κ3) is 6.67. The van der Waals surface area contributed by atoms with E-state index in [1.807, 2.05) is 0 Å². The van der Waals surface area contributed by atoms with Crippen LogP contribution in [0.2, 0.25) is 0 Å². The van der Waals surface area contributed by atoms with Crippen molar-refractivity contribution < 1.29 is 32.5 Å². The lowest BCUT2D eigenvalue weighted by atomic mass is 9.90. The van der Waals surface area contributed by atoms with E-state index in [0.29, 0.717) is 12.2 Å². The van der Waals surface area contributed by atoms with E-state index in [0.717, 1.165) is 4.31 Å². The summed E-state index contributed by atoms with van der Waals surface area (Å²) in [6.45, 7) is 3.78. The predicted molar refractivity (Wildman–Crippen MR) is 115 cm³/mol. The molecule has 1 aliphatic heterocycles. The maximum atomic E-state index is 13.0. The van der Waals surface area contributed by atoms with Crippen molar-refractivity contribution in [3.63, 3.8) is 0 Å².